The summed E-state index contributed by atoms with van der Waals surface area (Å²) in [6.45, 7) is 10.2. The van der Waals surface area contributed by atoms with Crippen LogP contribution >= 0.6 is 0 Å². The zero-order valence-corrected chi connectivity index (χ0v) is 30.9. The summed E-state index contributed by atoms with van der Waals surface area (Å²) in [5.41, 5.74) is 10.1. The molecule has 0 aromatic heterocycles. The minimum absolute atomic E-state index is 0.000889. The molecule has 0 radical (unpaired) electrons. The Bertz CT molecular complexity index is 2140. The van der Waals surface area contributed by atoms with E-state index in [4.69, 9.17) is 9.98 Å². The second-order valence-corrected chi connectivity index (χ2v) is 15.1. The average molecular weight is 695 g/mol. The molecule has 4 atom stereocenters. The van der Waals surface area contributed by atoms with E-state index in [2.05, 4.69) is 69.3 Å². The van der Waals surface area contributed by atoms with Crippen molar-refractivity contribution >= 4 is 22.8 Å². The third-order valence-electron chi connectivity index (χ3n) is 11.6. The van der Waals surface area contributed by atoms with Gasteiger partial charge in [0.2, 0.25) is 0 Å². The summed E-state index contributed by atoms with van der Waals surface area (Å²) in [5, 5.41) is 43.1. The van der Waals surface area contributed by atoms with Crippen LogP contribution in [0, 0.1) is 25.7 Å². The summed E-state index contributed by atoms with van der Waals surface area (Å²) in [7, 11) is 0. The van der Waals surface area contributed by atoms with Crippen LogP contribution in [0.25, 0.3) is 22.4 Å². The van der Waals surface area contributed by atoms with Crippen molar-refractivity contribution in [2.45, 2.75) is 91.4 Å². The minimum atomic E-state index is -0.0964. The van der Waals surface area contributed by atoms with Gasteiger partial charge in [0.25, 0.3) is 0 Å². The largest absolute Gasteiger partial charge is 0.508 e. The first-order chi connectivity index (χ1) is 25.1. The van der Waals surface area contributed by atoms with Gasteiger partial charge < -0.3 is 20.4 Å². The molecule has 1 heterocycles. The lowest BCUT2D eigenvalue weighted by atomic mass is 9.85. The topological polar surface area (TPSA) is 106 Å². The fourth-order valence-electron chi connectivity index (χ4n) is 7.95. The van der Waals surface area contributed by atoms with Gasteiger partial charge in [-0.05, 0) is 103 Å². The lowest BCUT2D eigenvalue weighted by Crippen LogP contribution is -2.06. The number of phenolic OH excluding ortho intramolecular Hbond substituents is 4. The Balaban J connectivity index is 1.35. The van der Waals surface area contributed by atoms with Crippen molar-refractivity contribution in [3.05, 3.63) is 118 Å². The van der Waals surface area contributed by atoms with E-state index in [1.54, 1.807) is 38.1 Å². The SMILES string of the molecule is CCCCC(CC)CC1C=C(C2=NC(c3ccc(O)c(C)c3O)=NC(c3ccc(O)c(C)c3O)=CC2)c2cc(-c3ccc(C4CC4C)cc3)ccc21. The molecule has 6 nitrogen and oxygen atoms in total. The molecule has 268 valence electrons. The van der Waals surface area contributed by atoms with Gasteiger partial charge in [0.15, 0.2) is 5.84 Å². The number of aliphatic imine (C=N–C) groups is 2. The number of allylic oxidation sites excluding steroid dienone is 3. The van der Waals surface area contributed by atoms with E-state index < -0.39 is 0 Å². The minimum Gasteiger partial charge on any atom is -0.508 e. The van der Waals surface area contributed by atoms with Gasteiger partial charge in [0.1, 0.15) is 23.0 Å². The average Bonchev–Trinajstić information content (AvgIpc) is 3.84. The van der Waals surface area contributed by atoms with E-state index in [9.17, 15) is 20.4 Å². The summed E-state index contributed by atoms with van der Waals surface area (Å²) < 4.78 is 0. The van der Waals surface area contributed by atoms with Crippen LogP contribution in [0.5, 0.6) is 23.0 Å². The van der Waals surface area contributed by atoms with Crippen molar-refractivity contribution in [3.8, 4) is 34.1 Å². The summed E-state index contributed by atoms with van der Waals surface area (Å²) in [4.78, 5) is 10.2. The predicted octanol–water partition coefficient (Wildman–Crippen LogP) is 11.3. The van der Waals surface area contributed by atoms with Crippen LogP contribution in [0.3, 0.4) is 0 Å². The number of nitrogens with zero attached hydrogens (tertiary/aromatic N) is 2. The molecule has 1 fully saturated rings. The normalized spacial score (nSPS) is 20.0. The monoisotopic (exact) mass is 694 g/mol. The van der Waals surface area contributed by atoms with Crippen molar-refractivity contribution in [1.82, 2.24) is 0 Å². The zero-order valence-electron chi connectivity index (χ0n) is 30.9. The molecule has 52 heavy (non-hydrogen) atoms. The van der Waals surface area contributed by atoms with Crippen LogP contribution < -0.4 is 0 Å². The Morgan fingerprint density at radius 2 is 1.42 bits per heavy atom. The third kappa shape index (κ3) is 6.79. The Morgan fingerprint density at radius 1 is 0.769 bits per heavy atom. The Hall–Kier alpha value is -5.10. The number of hydrogen-bond acceptors (Lipinski definition) is 6. The highest BCUT2D eigenvalue weighted by atomic mass is 16.3. The maximum absolute atomic E-state index is 11.3. The van der Waals surface area contributed by atoms with Crippen LogP contribution in [0.2, 0.25) is 0 Å². The maximum Gasteiger partial charge on any atom is 0.163 e. The van der Waals surface area contributed by atoms with Gasteiger partial charge in [-0.15, -0.1) is 0 Å². The van der Waals surface area contributed by atoms with E-state index in [1.807, 2.05) is 6.08 Å². The second kappa shape index (κ2) is 14.5. The highest BCUT2D eigenvalue weighted by Gasteiger charge is 2.34. The molecule has 6 heteroatoms. The number of amidine groups is 1. The van der Waals surface area contributed by atoms with E-state index in [-0.39, 0.29) is 34.8 Å². The summed E-state index contributed by atoms with van der Waals surface area (Å²) in [6, 6.07) is 22.3. The molecule has 0 spiro atoms. The molecule has 0 amide bonds. The summed E-state index contributed by atoms with van der Waals surface area (Å²) in [6.07, 6.45) is 11.9. The maximum atomic E-state index is 11.3. The fraction of sp³-hybridized carbons (Fsp3) is 0.348. The van der Waals surface area contributed by atoms with Crippen LogP contribution in [-0.2, 0) is 0 Å². The van der Waals surface area contributed by atoms with E-state index in [1.165, 1.54) is 42.4 Å². The van der Waals surface area contributed by atoms with Crippen LogP contribution in [0.1, 0.15) is 116 Å². The third-order valence-corrected chi connectivity index (χ3v) is 11.6. The molecular weight excluding hydrogens is 645 g/mol. The van der Waals surface area contributed by atoms with E-state index in [0.717, 1.165) is 41.2 Å². The first-order valence-electron chi connectivity index (χ1n) is 18.9. The van der Waals surface area contributed by atoms with E-state index in [0.29, 0.717) is 46.2 Å². The number of benzene rings is 4. The Labute approximate surface area is 307 Å². The number of rotatable bonds is 11. The number of aromatic hydroxyl groups is 4. The van der Waals surface area contributed by atoms with Gasteiger partial charge in [-0.2, -0.15) is 0 Å². The molecule has 3 aliphatic rings. The van der Waals surface area contributed by atoms with Gasteiger partial charge in [0, 0.05) is 34.6 Å². The molecule has 1 saturated carbocycles. The van der Waals surface area contributed by atoms with Crippen LogP contribution in [0.4, 0.5) is 0 Å². The van der Waals surface area contributed by atoms with Crippen molar-refractivity contribution in [2.24, 2.45) is 21.8 Å². The zero-order chi connectivity index (χ0) is 36.7. The summed E-state index contributed by atoms with van der Waals surface area (Å²) in [5.74, 6) is 2.40. The van der Waals surface area contributed by atoms with Crippen molar-refractivity contribution in [1.29, 1.82) is 0 Å². The molecule has 7 rings (SSSR count). The molecule has 2 aliphatic carbocycles. The molecule has 4 aromatic carbocycles. The Morgan fingerprint density at radius 3 is 2.08 bits per heavy atom. The van der Waals surface area contributed by atoms with Gasteiger partial charge in [-0.3, -0.25) is 0 Å². The number of hydrogen-bond donors (Lipinski definition) is 4. The number of fused-ring (bicyclic) bond motifs is 1. The van der Waals surface area contributed by atoms with Crippen molar-refractivity contribution in [3.63, 3.8) is 0 Å². The molecule has 4 unspecified atom stereocenters. The summed E-state index contributed by atoms with van der Waals surface area (Å²) >= 11 is 0. The molecule has 4 N–H and O–H groups in total. The lowest BCUT2D eigenvalue weighted by Gasteiger charge is -2.19. The van der Waals surface area contributed by atoms with Gasteiger partial charge >= 0.3 is 0 Å². The van der Waals surface area contributed by atoms with Gasteiger partial charge in [0.05, 0.1) is 17.0 Å². The van der Waals surface area contributed by atoms with Gasteiger partial charge in [-0.25, -0.2) is 9.98 Å². The fourth-order valence-corrected chi connectivity index (χ4v) is 7.95. The first kappa shape index (κ1) is 35.3. The van der Waals surface area contributed by atoms with Crippen LogP contribution in [0.15, 0.2) is 88.9 Å². The van der Waals surface area contributed by atoms with Crippen LogP contribution in [-0.4, -0.2) is 32.0 Å². The van der Waals surface area contributed by atoms with Gasteiger partial charge in [-0.1, -0.05) is 95.0 Å². The Kier molecular flexibility index (Phi) is 9.84. The molecule has 4 aromatic rings. The van der Waals surface area contributed by atoms with Crippen molar-refractivity contribution in [2.75, 3.05) is 0 Å². The lowest BCUT2D eigenvalue weighted by molar-refractivity contribution is 0.407. The van der Waals surface area contributed by atoms with E-state index >= 15 is 0 Å². The number of phenols is 4. The highest BCUT2D eigenvalue weighted by Crippen LogP contribution is 2.48. The standard InChI is InChI=1S/C46H50N2O4/c1-6-8-9-29(7-2)23-33-25-39(38-24-32(14-15-34(33)38)30-10-12-31(13-11-30)37-22-26(37)3)41-19-18-40(35-16-20-42(49)27(4)44(35)51)47-46(48-41)36-17-21-43(50)28(5)45(36)52/h10-18,20-21,24-26,29,33,37,49-52H,6-9,19,22-23H2,1-5H3. The predicted molar refractivity (Wildman–Crippen MR) is 213 cm³/mol. The highest BCUT2D eigenvalue weighted by molar-refractivity contribution is 6.30. The smallest absolute Gasteiger partial charge is 0.163 e. The molecule has 0 bridgehead atoms. The molecule has 0 saturated heterocycles. The van der Waals surface area contributed by atoms with Crippen molar-refractivity contribution < 1.29 is 20.4 Å². The molecular formula is C46H50N2O4. The number of unbranched alkanes of at least 4 members (excludes halogenated alkanes) is 1. The second-order valence-electron chi connectivity index (χ2n) is 15.1. The first-order valence-corrected chi connectivity index (χ1v) is 18.9. The molecule has 1 aliphatic heterocycles. The quantitative estimate of drug-likeness (QED) is 0.125.